The molecule has 1 heteroatoms. The van der Waals surface area contributed by atoms with Crippen molar-refractivity contribution >= 4 is 21.7 Å². The molecule has 0 fully saturated rings. The lowest BCUT2D eigenvalue weighted by Crippen LogP contribution is -1.89. The minimum absolute atomic E-state index is 0.988. The van der Waals surface area contributed by atoms with E-state index in [0.29, 0.717) is 0 Å². The summed E-state index contributed by atoms with van der Waals surface area (Å²) in [6.07, 6.45) is 14.0. The fraction of sp³-hybridized carbons (Fsp3) is 0.455. The zero-order chi connectivity index (χ0) is 15.9. The van der Waals surface area contributed by atoms with Gasteiger partial charge < -0.3 is 4.42 Å². The Bertz CT molecular complexity index is 738. The number of hydrogen-bond acceptors (Lipinski definition) is 1. The fourth-order valence-electron chi connectivity index (χ4n) is 3.54. The second-order valence-corrected chi connectivity index (χ2v) is 6.64. The maximum Gasteiger partial charge on any atom is 0.134 e. The molecule has 122 valence electrons. The van der Waals surface area contributed by atoms with Crippen molar-refractivity contribution < 1.29 is 4.42 Å². The molecule has 0 saturated carbocycles. The van der Waals surface area contributed by atoms with E-state index in [1.54, 1.807) is 6.26 Å². The van der Waals surface area contributed by atoms with E-state index in [9.17, 15) is 0 Å². The molecule has 3 rings (SSSR count). The quantitative estimate of drug-likeness (QED) is 0.379. The molecule has 23 heavy (non-hydrogen) atoms. The van der Waals surface area contributed by atoms with Gasteiger partial charge in [0.15, 0.2) is 0 Å². The molecule has 0 unspecified atom stereocenters. The first-order valence-corrected chi connectivity index (χ1v) is 9.28. The van der Waals surface area contributed by atoms with Crippen molar-refractivity contribution in [1.82, 2.24) is 0 Å². The van der Waals surface area contributed by atoms with Crippen LogP contribution in [0.1, 0.15) is 63.9 Å². The van der Waals surface area contributed by atoms with Gasteiger partial charge in [-0.15, -0.1) is 0 Å². The highest BCUT2D eigenvalue weighted by molar-refractivity contribution is 6.06. The van der Waals surface area contributed by atoms with Crippen LogP contribution in [-0.2, 0) is 6.42 Å². The standard InChI is InChI=1S/C22H28O/c1-2-3-4-5-6-7-8-9-11-18-12-10-13-20-19(18)14-15-22-21(20)16-17-23-22/h10,12-17H,2-9,11H2,1H3. The van der Waals surface area contributed by atoms with Crippen LogP contribution in [-0.4, -0.2) is 0 Å². The van der Waals surface area contributed by atoms with Crippen LogP contribution in [0.3, 0.4) is 0 Å². The maximum absolute atomic E-state index is 5.52. The van der Waals surface area contributed by atoms with Gasteiger partial charge in [0.25, 0.3) is 0 Å². The maximum atomic E-state index is 5.52. The molecular formula is C22H28O. The Hall–Kier alpha value is -1.76. The van der Waals surface area contributed by atoms with Crippen molar-refractivity contribution in [1.29, 1.82) is 0 Å². The van der Waals surface area contributed by atoms with Crippen LogP contribution < -0.4 is 0 Å². The number of hydrogen-bond donors (Lipinski definition) is 0. The summed E-state index contributed by atoms with van der Waals surface area (Å²) in [6.45, 7) is 2.28. The lowest BCUT2D eigenvalue weighted by atomic mass is 9.97. The first-order valence-electron chi connectivity index (χ1n) is 9.28. The fourth-order valence-corrected chi connectivity index (χ4v) is 3.54. The highest BCUT2D eigenvalue weighted by Gasteiger charge is 2.06. The van der Waals surface area contributed by atoms with E-state index in [4.69, 9.17) is 4.42 Å². The third-order valence-corrected chi connectivity index (χ3v) is 4.88. The molecule has 1 heterocycles. The van der Waals surface area contributed by atoms with E-state index in [2.05, 4.69) is 43.3 Å². The Morgan fingerprint density at radius 2 is 1.48 bits per heavy atom. The zero-order valence-corrected chi connectivity index (χ0v) is 14.3. The van der Waals surface area contributed by atoms with Gasteiger partial charge in [0.2, 0.25) is 0 Å². The monoisotopic (exact) mass is 308 g/mol. The van der Waals surface area contributed by atoms with Crippen molar-refractivity contribution in [3.63, 3.8) is 0 Å². The Morgan fingerprint density at radius 3 is 2.30 bits per heavy atom. The van der Waals surface area contributed by atoms with E-state index in [0.717, 1.165) is 5.58 Å². The van der Waals surface area contributed by atoms with Crippen LogP contribution in [0.25, 0.3) is 21.7 Å². The molecule has 0 aliphatic carbocycles. The molecule has 1 nitrogen and oxygen atoms in total. The van der Waals surface area contributed by atoms with Crippen molar-refractivity contribution in [2.45, 2.75) is 64.7 Å². The van der Waals surface area contributed by atoms with E-state index in [1.165, 1.54) is 79.5 Å². The van der Waals surface area contributed by atoms with Crippen LogP contribution in [0, 0.1) is 0 Å². The molecule has 2 aromatic carbocycles. The Kier molecular flexibility index (Phi) is 5.74. The molecule has 0 atom stereocenters. The summed E-state index contributed by atoms with van der Waals surface area (Å²) in [5, 5.41) is 3.96. The number of furan rings is 1. The third kappa shape index (κ3) is 3.96. The SMILES string of the molecule is CCCCCCCCCCc1cccc2c1ccc1occc12. The number of aryl methyl sites for hydroxylation is 1. The topological polar surface area (TPSA) is 13.1 Å². The Morgan fingerprint density at radius 1 is 0.696 bits per heavy atom. The normalized spacial score (nSPS) is 11.5. The van der Waals surface area contributed by atoms with Gasteiger partial charge in [-0.1, -0.05) is 76.1 Å². The number of benzene rings is 2. The first kappa shape index (κ1) is 16.1. The molecule has 1 aromatic heterocycles. The van der Waals surface area contributed by atoms with E-state index < -0.39 is 0 Å². The summed E-state index contributed by atoms with van der Waals surface area (Å²) in [4.78, 5) is 0. The van der Waals surface area contributed by atoms with Crippen molar-refractivity contribution in [3.05, 3.63) is 48.2 Å². The molecule has 0 N–H and O–H groups in total. The number of fused-ring (bicyclic) bond motifs is 3. The highest BCUT2D eigenvalue weighted by atomic mass is 16.3. The second kappa shape index (κ2) is 8.19. The molecule has 0 bridgehead atoms. The third-order valence-electron chi connectivity index (χ3n) is 4.88. The van der Waals surface area contributed by atoms with Crippen molar-refractivity contribution in [2.75, 3.05) is 0 Å². The van der Waals surface area contributed by atoms with Gasteiger partial charge in [0.05, 0.1) is 6.26 Å². The molecule has 0 saturated heterocycles. The highest BCUT2D eigenvalue weighted by Crippen LogP contribution is 2.29. The van der Waals surface area contributed by atoms with Crippen LogP contribution >= 0.6 is 0 Å². The average Bonchev–Trinajstić information content (AvgIpc) is 3.06. The van der Waals surface area contributed by atoms with Gasteiger partial charge in [-0.25, -0.2) is 0 Å². The summed E-state index contributed by atoms with van der Waals surface area (Å²) >= 11 is 0. The van der Waals surface area contributed by atoms with Gasteiger partial charge >= 0.3 is 0 Å². The summed E-state index contributed by atoms with van der Waals surface area (Å²) in [5.41, 5.74) is 2.47. The van der Waals surface area contributed by atoms with Gasteiger partial charge in [-0.2, -0.15) is 0 Å². The molecule has 0 amide bonds. The van der Waals surface area contributed by atoms with E-state index >= 15 is 0 Å². The van der Waals surface area contributed by atoms with Crippen molar-refractivity contribution in [3.8, 4) is 0 Å². The molecule has 0 spiro atoms. The summed E-state index contributed by atoms with van der Waals surface area (Å²) < 4.78 is 5.52. The molecular weight excluding hydrogens is 280 g/mol. The molecule has 3 aromatic rings. The lowest BCUT2D eigenvalue weighted by molar-refractivity contribution is 0.576. The summed E-state index contributed by atoms with van der Waals surface area (Å²) in [6, 6.07) is 13.1. The largest absolute Gasteiger partial charge is 0.464 e. The Balaban J connectivity index is 1.56. The van der Waals surface area contributed by atoms with Crippen molar-refractivity contribution in [2.24, 2.45) is 0 Å². The predicted molar refractivity (Wildman–Crippen MR) is 100 cm³/mol. The minimum atomic E-state index is 0.988. The van der Waals surface area contributed by atoms with Crippen LogP contribution in [0.15, 0.2) is 47.1 Å². The summed E-state index contributed by atoms with van der Waals surface area (Å²) in [7, 11) is 0. The Labute approximate surface area is 139 Å². The summed E-state index contributed by atoms with van der Waals surface area (Å²) in [5.74, 6) is 0. The first-order chi connectivity index (χ1) is 11.4. The average molecular weight is 308 g/mol. The smallest absolute Gasteiger partial charge is 0.134 e. The van der Waals surface area contributed by atoms with Gasteiger partial charge in [0, 0.05) is 5.39 Å². The second-order valence-electron chi connectivity index (χ2n) is 6.64. The number of unbranched alkanes of at least 4 members (excludes halogenated alkanes) is 7. The van der Waals surface area contributed by atoms with Crippen LogP contribution in [0.2, 0.25) is 0 Å². The van der Waals surface area contributed by atoms with Gasteiger partial charge in [0.1, 0.15) is 5.58 Å². The zero-order valence-electron chi connectivity index (χ0n) is 14.3. The van der Waals surface area contributed by atoms with Gasteiger partial charge in [-0.05, 0) is 41.3 Å². The minimum Gasteiger partial charge on any atom is -0.464 e. The lowest BCUT2D eigenvalue weighted by Gasteiger charge is -2.07. The van der Waals surface area contributed by atoms with E-state index in [-0.39, 0.29) is 0 Å². The predicted octanol–water partition coefficient (Wildman–Crippen LogP) is 7.27. The van der Waals surface area contributed by atoms with Crippen LogP contribution in [0.5, 0.6) is 0 Å². The van der Waals surface area contributed by atoms with E-state index in [1.807, 2.05) is 0 Å². The molecule has 0 radical (unpaired) electrons. The van der Waals surface area contributed by atoms with Gasteiger partial charge in [-0.3, -0.25) is 0 Å². The molecule has 0 aliphatic heterocycles. The number of rotatable bonds is 9. The van der Waals surface area contributed by atoms with Crippen LogP contribution in [0.4, 0.5) is 0 Å². The molecule has 0 aliphatic rings.